The van der Waals surface area contributed by atoms with Gasteiger partial charge in [0.15, 0.2) is 0 Å². The van der Waals surface area contributed by atoms with Crippen LogP contribution in [0.1, 0.15) is 28.7 Å². The number of aliphatic hydroxyl groups is 1. The second kappa shape index (κ2) is 6.46. The average molecular weight is 319 g/mol. The molecule has 0 aliphatic carbocycles. The monoisotopic (exact) mass is 319 g/mol. The SMILES string of the molecule is Cc1cc2c(cc1C#N)c(-c1cncc(C)c1C)cn2CCCO. The fraction of sp³-hybridized carbons (Fsp3) is 0.300. The predicted molar refractivity (Wildman–Crippen MR) is 95.8 cm³/mol. The van der Waals surface area contributed by atoms with Crippen molar-refractivity contribution in [2.24, 2.45) is 0 Å². The largest absolute Gasteiger partial charge is 0.396 e. The fourth-order valence-corrected chi connectivity index (χ4v) is 3.10. The standard InChI is InChI=1S/C20H21N3O/c1-13-7-20-17(8-16(13)9-21)19(12-23(20)5-4-6-24)18-11-22-10-14(2)15(18)3/h7-8,10-12,24H,4-6H2,1-3H3. The summed E-state index contributed by atoms with van der Waals surface area (Å²) in [5.41, 5.74) is 7.29. The van der Waals surface area contributed by atoms with Crippen LogP contribution in [0.4, 0.5) is 0 Å². The van der Waals surface area contributed by atoms with Crippen molar-refractivity contribution < 1.29 is 5.11 Å². The zero-order valence-electron chi connectivity index (χ0n) is 14.3. The van der Waals surface area contributed by atoms with Crippen molar-refractivity contribution in [2.75, 3.05) is 6.61 Å². The maximum Gasteiger partial charge on any atom is 0.0994 e. The molecule has 24 heavy (non-hydrogen) atoms. The first-order valence-corrected chi connectivity index (χ1v) is 8.12. The van der Waals surface area contributed by atoms with E-state index < -0.39 is 0 Å². The van der Waals surface area contributed by atoms with Gasteiger partial charge in [-0.15, -0.1) is 0 Å². The van der Waals surface area contributed by atoms with Gasteiger partial charge in [-0.3, -0.25) is 4.98 Å². The Hall–Kier alpha value is -2.64. The molecule has 0 radical (unpaired) electrons. The first kappa shape index (κ1) is 16.2. The van der Waals surface area contributed by atoms with Crippen LogP contribution in [0.15, 0.2) is 30.7 Å². The zero-order valence-corrected chi connectivity index (χ0v) is 14.3. The van der Waals surface area contributed by atoms with Crippen molar-refractivity contribution in [3.63, 3.8) is 0 Å². The maximum absolute atomic E-state index is 9.38. The molecule has 0 aliphatic heterocycles. The minimum atomic E-state index is 0.162. The highest BCUT2D eigenvalue weighted by Crippen LogP contribution is 2.34. The van der Waals surface area contributed by atoms with E-state index in [-0.39, 0.29) is 6.61 Å². The van der Waals surface area contributed by atoms with Crippen LogP contribution in [0, 0.1) is 32.1 Å². The lowest BCUT2D eigenvalue weighted by atomic mass is 9.97. The van der Waals surface area contributed by atoms with Crippen LogP contribution in [-0.2, 0) is 6.54 Å². The van der Waals surface area contributed by atoms with Gasteiger partial charge in [-0.1, -0.05) is 0 Å². The molecule has 4 nitrogen and oxygen atoms in total. The average Bonchev–Trinajstić information content (AvgIpc) is 2.92. The van der Waals surface area contributed by atoms with Crippen LogP contribution < -0.4 is 0 Å². The van der Waals surface area contributed by atoms with E-state index in [1.807, 2.05) is 25.4 Å². The molecule has 0 aliphatic rings. The number of hydrogen-bond acceptors (Lipinski definition) is 3. The molecule has 122 valence electrons. The molecule has 0 fully saturated rings. The summed E-state index contributed by atoms with van der Waals surface area (Å²) in [4.78, 5) is 4.35. The van der Waals surface area contributed by atoms with Crippen LogP contribution in [0.25, 0.3) is 22.0 Å². The topological polar surface area (TPSA) is 61.8 Å². The van der Waals surface area contributed by atoms with Crippen molar-refractivity contribution >= 4 is 10.9 Å². The molecule has 0 amide bonds. The normalized spacial score (nSPS) is 11.0. The minimum absolute atomic E-state index is 0.162. The van der Waals surface area contributed by atoms with Crippen LogP contribution >= 0.6 is 0 Å². The Bertz CT molecular complexity index is 948. The maximum atomic E-state index is 9.38. The summed E-state index contributed by atoms with van der Waals surface area (Å²) < 4.78 is 2.16. The molecule has 0 atom stereocenters. The van der Waals surface area contributed by atoms with E-state index >= 15 is 0 Å². The van der Waals surface area contributed by atoms with Gasteiger partial charge in [0.05, 0.1) is 11.6 Å². The highest BCUT2D eigenvalue weighted by atomic mass is 16.3. The van der Waals surface area contributed by atoms with Gasteiger partial charge in [0.25, 0.3) is 0 Å². The Morgan fingerprint density at radius 1 is 1.12 bits per heavy atom. The van der Waals surface area contributed by atoms with E-state index in [0.717, 1.165) is 39.7 Å². The molecule has 0 unspecified atom stereocenters. The first-order chi connectivity index (χ1) is 11.6. The summed E-state index contributed by atoms with van der Waals surface area (Å²) in [7, 11) is 0. The molecule has 0 saturated heterocycles. The van der Waals surface area contributed by atoms with Crippen molar-refractivity contribution in [3.8, 4) is 17.2 Å². The molecule has 2 heterocycles. The number of benzene rings is 1. The van der Waals surface area contributed by atoms with Gasteiger partial charge in [-0.25, -0.2) is 0 Å². The summed E-state index contributed by atoms with van der Waals surface area (Å²) >= 11 is 0. The Kier molecular flexibility index (Phi) is 4.37. The van der Waals surface area contributed by atoms with Gasteiger partial charge in [0, 0.05) is 53.8 Å². The molecule has 0 saturated carbocycles. The van der Waals surface area contributed by atoms with Crippen LogP contribution in [0.5, 0.6) is 0 Å². The fourth-order valence-electron chi connectivity index (χ4n) is 3.10. The number of aryl methyl sites for hydroxylation is 3. The molecule has 3 rings (SSSR count). The molecule has 4 heteroatoms. The molecule has 2 aromatic heterocycles. The van der Waals surface area contributed by atoms with Gasteiger partial charge < -0.3 is 9.67 Å². The van der Waals surface area contributed by atoms with E-state index in [1.165, 1.54) is 5.56 Å². The number of fused-ring (bicyclic) bond motifs is 1. The quantitative estimate of drug-likeness (QED) is 0.793. The van der Waals surface area contributed by atoms with Gasteiger partial charge in [0.2, 0.25) is 0 Å². The summed E-state index contributed by atoms with van der Waals surface area (Å²) in [5.74, 6) is 0. The summed E-state index contributed by atoms with van der Waals surface area (Å²) in [6, 6.07) is 6.31. The Morgan fingerprint density at radius 3 is 2.62 bits per heavy atom. The number of rotatable bonds is 4. The second-order valence-electron chi connectivity index (χ2n) is 6.24. The number of aliphatic hydroxyl groups excluding tert-OH is 1. The Balaban J connectivity index is 2.31. The minimum Gasteiger partial charge on any atom is -0.396 e. The van der Waals surface area contributed by atoms with Gasteiger partial charge in [0.1, 0.15) is 0 Å². The molecule has 1 aromatic carbocycles. The number of aromatic nitrogens is 2. The Morgan fingerprint density at radius 2 is 1.92 bits per heavy atom. The van der Waals surface area contributed by atoms with E-state index in [9.17, 15) is 10.4 Å². The van der Waals surface area contributed by atoms with Crippen molar-refractivity contribution in [1.29, 1.82) is 5.26 Å². The lowest BCUT2D eigenvalue weighted by molar-refractivity contribution is 0.280. The summed E-state index contributed by atoms with van der Waals surface area (Å²) in [6.07, 6.45) is 6.58. The highest BCUT2D eigenvalue weighted by Gasteiger charge is 2.15. The van der Waals surface area contributed by atoms with E-state index in [0.29, 0.717) is 12.0 Å². The van der Waals surface area contributed by atoms with E-state index in [2.05, 4.69) is 41.7 Å². The number of pyridine rings is 1. The lowest BCUT2D eigenvalue weighted by Gasteiger charge is -2.07. The van der Waals surface area contributed by atoms with E-state index in [4.69, 9.17) is 0 Å². The third-order valence-electron chi connectivity index (χ3n) is 4.66. The predicted octanol–water partition coefficient (Wildman–Crippen LogP) is 3.88. The van der Waals surface area contributed by atoms with Crippen LogP contribution in [0.3, 0.4) is 0 Å². The second-order valence-corrected chi connectivity index (χ2v) is 6.24. The van der Waals surface area contributed by atoms with Crippen LogP contribution in [-0.4, -0.2) is 21.3 Å². The Labute approximate surface area is 142 Å². The zero-order chi connectivity index (χ0) is 17.3. The third-order valence-corrected chi connectivity index (χ3v) is 4.66. The molecule has 0 bridgehead atoms. The number of hydrogen-bond donors (Lipinski definition) is 1. The third kappa shape index (κ3) is 2.68. The summed E-state index contributed by atoms with van der Waals surface area (Å²) in [5, 5.41) is 19.6. The van der Waals surface area contributed by atoms with Crippen molar-refractivity contribution in [2.45, 2.75) is 33.7 Å². The smallest absolute Gasteiger partial charge is 0.0994 e. The van der Waals surface area contributed by atoms with E-state index in [1.54, 1.807) is 0 Å². The summed E-state index contributed by atoms with van der Waals surface area (Å²) in [6.45, 7) is 7.02. The van der Waals surface area contributed by atoms with Gasteiger partial charge in [-0.2, -0.15) is 5.26 Å². The first-order valence-electron chi connectivity index (χ1n) is 8.12. The van der Waals surface area contributed by atoms with Crippen LogP contribution in [0.2, 0.25) is 0 Å². The molecular weight excluding hydrogens is 298 g/mol. The molecule has 3 aromatic rings. The lowest BCUT2D eigenvalue weighted by Crippen LogP contribution is -1.98. The van der Waals surface area contributed by atoms with Crippen molar-refractivity contribution in [1.82, 2.24) is 9.55 Å². The molecular formula is C20H21N3O. The molecule has 0 spiro atoms. The van der Waals surface area contributed by atoms with Gasteiger partial charge in [-0.05, 0) is 56.0 Å². The number of nitriles is 1. The van der Waals surface area contributed by atoms with Crippen molar-refractivity contribution in [3.05, 3.63) is 53.0 Å². The highest BCUT2D eigenvalue weighted by molar-refractivity contribution is 5.98. The van der Waals surface area contributed by atoms with Gasteiger partial charge >= 0.3 is 0 Å². The number of nitrogens with zero attached hydrogens (tertiary/aromatic N) is 3. The molecule has 1 N–H and O–H groups in total.